The number of Topliss-reactive ketones (excluding diaryl/α,β-unsaturated/α-hetero) is 1. The number of halogens is 1. The highest BCUT2D eigenvalue weighted by molar-refractivity contribution is 9.09. The van der Waals surface area contributed by atoms with Gasteiger partial charge in [0.2, 0.25) is 0 Å². The molecule has 1 aromatic carbocycles. The third kappa shape index (κ3) is 2.84. The van der Waals surface area contributed by atoms with Crippen LogP contribution in [0.4, 0.5) is 0 Å². The van der Waals surface area contributed by atoms with Gasteiger partial charge in [0, 0.05) is 12.0 Å². The van der Waals surface area contributed by atoms with Crippen molar-refractivity contribution in [3.8, 4) is 5.75 Å². The first-order valence-corrected chi connectivity index (χ1v) is 5.68. The Labute approximate surface area is 92.1 Å². The predicted octanol–water partition coefficient (Wildman–Crippen LogP) is 2.46. The van der Waals surface area contributed by atoms with Gasteiger partial charge in [-0.1, -0.05) is 35.0 Å². The molecule has 0 heterocycles. The third-order valence-electron chi connectivity index (χ3n) is 2.09. The van der Waals surface area contributed by atoms with E-state index in [0.29, 0.717) is 17.3 Å². The van der Waals surface area contributed by atoms with Crippen LogP contribution in [0.5, 0.6) is 5.75 Å². The van der Waals surface area contributed by atoms with Gasteiger partial charge in [0.25, 0.3) is 0 Å². The number of alkyl halides is 1. The standard InChI is InChI=1S/C11H13BrO2/c1-2-8-3-4-11(14)9(5-8)6-10(13)7-12/h3-5,14H,2,6-7H2,1H3. The van der Waals surface area contributed by atoms with Gasteiger partial charge in [-0.3, -0.25) is 4.79 Å². The van der Waals surface area contributed by atoms with E-state index in [1.165, 1.54) is 0 Å². The highest BCUT2D eigenvalue weighted by Crippen LogP contribution is 2.19. The van der Waals surface area contributed by atoms with Crippen molar-refractivity contribution in [1.82, 2.24) is 0 Å². The molecule has 0 aromatic heterocycles. The number of rotatable bonds is 4. The molecule has 0 bridgehead atoms. The number of hydrogen-bond acceptors (Lipinski definition) is 2. The normalized spacial score (nSPS) is 10.1. The molecule has 1 N–H and O–H groups in total. The molecule has 2 nitrogen and oxygen atoms in total. The van der Waals surface area contributed by atoms with Crippen molar-refractivity contribution in [3.05, 3.63) is 29.3 Å². The molecule has 1 rings (SSSR count). The van der Waals surface area contributed by atoms with Crippen LogP contribution >= 0.6 is 15.9 Å². The van der Waals surface area contributed by atoms with Crippen molar-refractivity contribution >= 4 is 21.7 Å². The second-order valence-corrected chi connectivity index (χ2v) is 3.73. The monoisotopic (exact) mass is 256 g/mol. The van der Waals surface area contributed by atoms with E-state index in [1.807, 2.05) is 19.1 Å². The molecule has 0 fully saturated rings. The molecular formula is C11H13BrO2. The number of ketones is 1. The first-order chi connectivity index (χ1) is 6.67. The van der Waals surface area contributed by atoms with Crippen LogP contribution in [0.2, 0.25) is 0 Å². The van der Waals surface area contributed by atoms with Gasteiger partial charge in [0.1, 0.15) is 11.5 Å². The summed E-state index contributed by atoms with van der Waals surface area (Å²) >= 11 is 3.10. The van der Waals surface area contributed by atoms with E-state index in [0.717, 1.165) is 12.0 Å². The fourth-order valence-corrected chi connectivity index (χ4v) is 1.46. The molecule has 0 aliphatic carbocycles. The van der Waals surface area contributed by atoms with Crippen LogP contribution in [0.25, 0.3) is 0 Å². The second kappa shape index (κ2) is 5.15. The lowest BCUT2D eigenvalue weighted by molar-refractivity contribution is -0.115. The van der Waals surface area contributed by atoms with Gasteiger partial charge >= 0.3 is 0 Å². The number of aryl methyl sites for hydroxylation is 1. The first kappa shape index (κ1) is 11.2. The zero-order valence-corrected chi connectivity index (χ0v) is 9.67. The summed E-state index contributed by atoms with van der Waals surface area (Å²) in [7, 11) is 0. The van der Waals surface area contributed by atoms with Crippen molar-refractivity contribution in [2.24, 2.45) is 0 Å². The minimum absolute atomic E-state index is 0.0774. The fourth-order valence-electron chi connectivity index (χ4n) is 1.26. The number of carbonyl (C=O) groups excluding carboxylic acids is 1. The highest BCUT2D eigenvalue weighted by Gasteiger charge is 2.06. The SMILES string of the molecule is CCc1ccc(O)c(CC(=O)CBr)c1. The largest absolute Gasteiger partial charge is 0.508 e. The minimum Gasteiger partial charge on any atom is -0.508 e. The Morgan fingerprint density at radius 1 is 1.50 bits per heavy atom. The summed E-state index contributed by atoms with van der Waals surface area (Å²) in [4.78, 5) is 11.2. The molecular weight excluding hydrogens is 244 g/mol. The van der Waals surface area contributed by atoms with E-state index in [-0.39, 0.29) is 11.5 Å². The number of carbonyl (C=O) groups is 1. The summed E-state index contributed by atoms with van der Waals surface area (Å²) in [5.74, 6) is 0.282. The van der Waals surface area contributed by atoms with Crippen LogP contribution in [-0.2, 0) is 17.6 Å². The van der Waals surface area contributed by atoms with E-state index < -0.39 is 0 Å². The lowest BCUT2D eigenvalue weighted by Crippen LogP contribution is -2.04. The third-order valence-corrected chi connectivity index (χ3v) is 2.71. The molecule has 0 saturated carbocycles. The number of phenolic OH excluding ortho intramolecular Hbond substituents is 1. The topological polar surface area (TPSA) is 37.3 Å². The molecule has 0 saturated heterocycles. The van der Waals surface area contributed by atoms with Crippen LogP contribution in [0, 0.1) is 0 Å². The number of phenols is 1. The van der Waals surface area contributed by atoms with Gasteiger partial charge in [-0.2, -0.15) is 0 Å². The second-order valence-electron chi connectivity index (χ2n) is 3.17. The lowest BCUT2D eigenvalue weighted by Gasteiger charge is -2.05. The van der Waals surface area contributed by atoms with E-state index >= 15 is 0 Å². The predicted molar refractivity (Wildman–Crippen MR) is 60.0 cm³/mol. The van der Waals surface area contributed by atoms with Crippen molar-refractivity contribution < 1.29 is 9.90 Å². The molecule has 3 heteroatoms. The van der Waals surface area contributed by atoms with Crippen molar-refractivity contribution in [2.75, 3.05) is 5.33 Å². The van der Waals surface area contributed by atoms with E-state index in [9.17, 15) is 9.90 Å². The van der Waals surface area contributed by atoms with Crippen molar-refractivity contribution in [1.29, 1.82) is 0 Å². The minimum atomic E-state index is 0.0774. The van der Waals surface area contributed by atoms with E-state index in [4.69, 9.17) is 0 Å². The molecule has 0 aliphatic heterocycles. The molecule has 0 radical (unpaired) electrons. The number of benzene rings is 1. The molecule has 0 unspecified atom stereocenters. The Balaban J connectivity index is 2.89. The summed E-state index contributed by atoms with van der Waals surface area (Å²) < 4.78 is 0. The molecule has 1 aromatic rings. The van der Waals surface area contributed by atoms with Crippen LogP contribution < -0.4 is 0 Å². The van der Waals surface area contributed by atoms with Crippen LogP contribution in [0.3, 0.4) is 0 Å². The Kier molecular flexibility index (Phi) is 4.14. The van der Waals surface area contributed by atoms with Gasteiger partial charge in [-0.15, -0.1) is 0 Å². The van der Waals surface area contributed by atoms with E-state index in [1.54, 1.807) is 6.07 Å². The quantitative estimate of drug-likeness (QED) is 0.841. The van der Waals surface area contributed by atoms with Gasteiger partial charge in [-0.05, 0) is 18.1 Å². The summed E-state index contributed by atoms with van der Waals surface area (Å²) in [5, 5.41) is 9.84. The molecule has 0 atom stereocenters. The number of aromatic hydroxyl groups is 1. The van der Waals surface area contributed by atoms with Gasteiger partial charge in [-0.25, -0.2) is 0 Å². The molecule has 0 aliphatic rings. The van der Waals surface area contributed by atoms with Crippen LogP contribution in [-0.4, -0.2) is 16.2 Å². The maximum Gasteiger partial charge on any atom is 0.147 e. The van der Waals surface area contributed by atoms with Gasteiger partial charge < -0.3 is 5.11 Å². The smallest absolute Gasteiger partial charge is 0.147 e. The van der Waals surface area contributed by atoms with Gasteiger partial charge in [0.05, 0.1) is 5.33 Å². The molecule has 0 spiro atoms. The molecule has 14 heavy (non-hydrogen) atoms. The van der Waals surface area contributed by atoms with Crippen molar-refractivity contribution in [3.63, 3.8) is 0 Å². The van der Waals surface area contributed by atoms with Crippen LogP contribution in [0.15, 0.2) is 18.2 Å². The summed E-state index contributed by atoms with van der Waals surface area (Å²) in [6.07, 6.45) is 1.21. The first-order valence-electron chi connectivity index (χ1n) is 4.55. The maximum atomic E-state index is 11.2. The zero-order chi connectivity index (χ0) is 10.6. The van der Waals surface area contributed by atoms with Gasteiger partial charge in [0.15, 0.2) is 0 Å². The van der Waals surface area contributed by atoms with E-state index in [2.05, 4.69) is 15.9 Å². The molecule has 0 amide bonds. The fraction of sp³-hybridized carbons (Fsp3) is 0.364. The Morgan fingerprint density at radius 3 is 2.79 bits per heavy atom. The zero-order valence-electron chi connectivity index (χ0n) is 8.09. The number of hydrogen-bond donors (Lipinski definition) is 1. The summed E-state index contributed by atoms with van der Waals surface area (Å²) in [5.41, 5.74) is 1.86. The average Bonchev–Trinajstić information content (AvgIpc) is 2.21. The summed E-state index contributed by atoms with van der Waals surface area (Å²) in [6.45, 7) is 2.04. The van der Waals surface area contributed by atoms with Crippen LogP contribution in [0.1, 0.15) is 18.1 Å². The van der Waals surface area contributed by atoms with Crippen molar-refractivity contribution in [2.45, 2.75) is 19.8 Å². The summed E-state index contributed by atoms with van der Waals surface area (Å²) in [6, 6.07) is 5.41. The Morgan fingerprint density at radius 2 is 2.21 bits per heavy atom. The Bertz CT molecular complexity index is 334. The average molecular weight is 257 g/mol. The highest BCUT2D eigenvalue weighted by atomic mass is 79.9. The lowest BCUT2D eigenvalue weighted by atomic mass is 10.0. The Hall–Kier alpha value is -0.830. The molecule has 76 valence electrons. The maximum absolute atomic E-state index is 11.2.